The Labute approximate surface area is 123 Å². The van der Waals surface area contributed by atoms with Gasteiger partial charge in [0.05, 0.1) is 0 Å². The summed E-state index contributed by atoms with van der Waals surface area (Å²) in [6, 6.07) is 8.26. The van der Waals surface area contributed by atoms with Gasteiger partial charge >= 0.3 is 0 Å². The Morgan fingerprint density at radius 3 is 2.47 bits per heavy atom. The molecule has 0 saturated carbocycles. The van der Waals surface area contributed by atoms with Crippen molar-refractivity contribution in [2.24, 2.45) is 5.73 Å². The summed E-state index contributed by atoms with van der Waals surface area (Å²) in [5, 5.41) is 2.63. The maximum atomic E-state index is 11.3. The summed E-state index contributed by atoms with van der Waals surface area (Å²) in [5.74, 6) is 0.0473. The maximum absolute atomic E-state index is 11.3. The van der Waals surface area contributed by atoms with Gasteiger partial charge in [-0.15, -0.1) is 0 Å². The molecule has 1 rings (SSSR count). The van der Waals surface area contributed by atoms with E-state index < -0.39 is 0 Å². The summed E-state index contributed by atoms with van der Waals surface area (Å²) in [6.07, 6.45) is 0.479. The number of amides is 1. The van der Waals surface area contributed by atoms with Crippen molar-refractivity contribution in [1.82, 2.24) is 10.2 Å². The van der Waals surface area contributed by atoms with Crippen LogP contribution in [0.3, 0.4) is 0 Å². The van der Waals surface area contributed by atoms with Crippen molar-refractivity contribution < 1.29 is 4.79 Å². The van der Waals surface area contributed by atoms with Crippen molar-refractivity contribution in [1.29, 1.82) is 0 Å². The molecule has 0 aliphatic rings. The molecule has 0 aliphatic heterocycles. The number of nitrogens with two attached hydrogens (primary N) is 1. The second-order valence-corrected chi connectivity index (χ2v) is 5.67. The van der Waals surface area contributed by atoms with Gasteiger partial charge in [-0.3, -0.25) is 9.69 Å². The fourth-order valence-electron chi connectivity index (χ4n) is 2.16. The number of hydrogen-bond donors (Lipinski definition) is 2. The second-order valence-electron chi connectivity index (χ2n) is 4.76. The van der Waals surface area contributed by atoms with E-state index >= 15 is 0 Å². The van der Waals surface area contributed by atoms with Crippen molar-refractivity contribution in [3.05, 3.63) is 34.3 Å². The summed E-state index contributed by atoms with van der Waals surface area (Å²) < 4.78 is 1.05. The van der Waals surface area contributed by atoms with E-state index in [0.717, 1.165) is 10.0 Å². The molecule has 1 aromatic carbocycles. The summed E-state index contributed by atoms with van der Waals surface area (Å²) in [5.41, 5.74) is 7.26. The molecule has 5 heteroatoms. The minimum Gasteiger partial charge on any atom is -0.359 e. The molecule has 106 valence electrons. The van der Waals surface area contributed by atoms with E-state index in [9.17, 15) is 4.79 Å². The Bertz CT molecular complexity index is 406. The van der Waals surface area contributed by atoms with Crippen LogP contribution in [0, 0.1) is 0 Å². The highest BCUT2D eigenvalue weighted by Crippen LogP contribution is 2.24. The van der Waals surface area contributed by atoms with E-state index in [2.05, 4.69) is 38.3 Å². The summed E-state index contributed by atoms with van der Waals surface area (Å²) in [4.78, 5) is 13.4. The number of carbonyl (C=O) groups is 1. The van der Waals surface area contributed by atoms with Crippen LogP contribution in [-0.2, 0) is 4.79 Å². The number of halogens is 1. The lowest BCUT2D eigenvalue weighted by Gasteiger charge is -2.31. The minimum atomic E-state index is -0.00383. The molecule has 0 radical (unpaired) electrons. The maximum Gasteiger partial charge on any atom is 0.221 e. The highest BCUT2D eigenvalue weighted by molar-refractivity contribution is 9.10. The molecule has 1 aromatic rings. The molecule has 2 unspecified atom stereocenters. The van der Waals surface area contributed by atoms with Gasteiger partial charge in [0.1, 0.15) is 0 Å². The zero-order chi connectivity index (χ0) is 14.4. The number of nitrogens with zero attached hydrogens (tertiary/aromatic N) is 1. The van der Waals surface area contributed by atoms with Crippen LogP contribution in [0.1, 0.15) is 24.9 Å². The molecule has 0 aromatic heterocycles. The largest absolute Gasteiger partial charge is 0.359 e. The number of likely N-dealkylation sites (N-methyl/N-ethyl adjacent to an activating group) is 1. The minimum absolute atomic E-state index is 0.00383. The van der Waals surface area contributed by atoms with Gasteiger partial charge in [0.2, 0.25) is 5.91 Å². The topological polar surface area (TPSA) is 58.4 Å². The van der Waals surface area contributed by atoms with Gasteiger partial charge in [-0.1, -0.05) is 28.1 Å². The molecule has 0 aliphatic carbocycles. The molecule has 1 amide bonds. The average Bonchev–Trinajstić information content (AvgIpc) is 2.38. The number of nitrogens with one attached hydrogen (secondary N) is 1. The Morgan fingerprint density at radius 2 is 2.00 bits per heavy atom. The van der Waals surface area contributed by atoms with Crippen molar-refractivity contribution in [2.45, 2.75) is 25.4 Å². The molecule has 19 heavy (non-hydrogen) atoms. The van der Waals surface area contributed by atoms with E-state index in [1.54, 1.807) is 7.05 Å². The molecule has 0 fully saturated rings. The van der Waals surface area contributed by atoms with Crippen LogP contribution in [0.2, 0.25) is 0 Å². The fourth-order valence-corrected chi connectivity index (χ4v) is 2.43. The van der Waals surface area contributed by atoms with E-state index in [0.29, 0.717) is 13.0 Å². The standard InChI is InChI=1S/C14H22BrN3O/c1-10(16)14(11-4-6-12(15)7-5-11)18(3)9-8-13(19)17-2/h4-7,10,14H,8-9,16H2,1-3H3,(H,17,19). The SMILES string of the molecule is CNC(=O)CCN(C)C(c1ccc(Br)cc1)C(C)N. The summed E-state index contributed by atoms with van der Waals surface area (Å²) >= 11 is 3.43. The fraction of sp³-hybridized carbons (Fsp3) is 0.500. The van der Waals surface area contributed by atoms with Crippen LogP contribution in [-0.4, -0.2) is 37.5 Å². The summed E-state index contributed by atoms with van der Waals surface area (Å²) in [6.45, 7) is 2.67. The third kappa shape index (κ3) is 4.93. The Kier molecular flexibility index (Phi) is 6.48. The number of rotatable bonds is 6. The third-order valence-electron chi connectivity index (χ3n) is 3.15. The van der Waals surface area contributed by atoms with Crippen molar-refractivity contribution in [2.75, 3.05) is 20.6 Å². The quantitative estimate of drug-likeness (QED) is 0.839. The lowest BCUT2D eigenvalue weighted by atomic mass is 9.99. The Morgan fingerprint density at radius 1 is 1.42 bits per heavy atom. The van der Waals surface area contributed by atoms with Crippen LogP contribution >= 0.6 is 15.9 Å². The van der Waals surface area contributed by atoms with Crippen LogP contribution in [0.25, 0.3) is 0 Å². The first-order valence-corrected chi connectivity index (χ1v) is 7.17. The number of carbonyl (C=O) groups excluding carboxylic acids is 1. The molecule has 2 atom stereocenters. The average molecular weight is 328 g/mol. The highest BCUT2D eigenvalue weighted by atomic mass is 79.9. The van der Waals surface area contributed by atoms with Gasteiger partial charge in [-0.25, -0.2) is 0 Å². The van der Waals surface area contributed by atoms with E-state index in [4.69, 9.17) is 5.73 Å². The van der Waals surface area contributed by atoms with Crippen molar-refractivity contribution >= 4 is 21.8 Å². The van der Waals surface area contributed by atoms with Gasteiger partial charge in [0, 0.05) is 36.6 Å². The number of hydrogen-bond acceptors (Lipinski definition) is 3. The zero-order valence-corrected chi connectivity index (χ0v) is 13.3. The first-order valence-electron chi connectivity index (χ1n) is 6.37. The molecule has 0 heterocycles. The lowest BCUT2D eigenvalue weighted by molar-refractivity contribution is -0.121. The van der Waals surface area contributed by atoms with Gasteiger partial charge in [-0.2, -0.15) is 0 Å². The van der Waals surface area contributed by atoms with Crippen LogP contribution < -0.4 is 11.1 Å². The van der Waals surface area contributed by atoms with Gasteiger partial charge in [0.15, 0.2) is 0 Å². The predicted octanol–water partition coefficient (Wildman–Crippen LogP) is 1.91. The Hall–Kier alpha value is -0.910. The summed E-state index contributed by atoms with van der Waals surface area (Å²) in [7, 11) is 3.65. The van der Waals surface area contributed by atoms with E-state index in [-0.39, 0.29) is 18.0 Å². The molecule has 0 spiro atoms. The van der Waals surface area contributed by atoms with Crippen molar-refractivity contribution in [3.63, 3.8) is 0 Å². The smallest absolute Gasteiger partial charge is 0.221 e. The third-order valence-corrected chi connectivity index (χ3v) is 3.68. The highest BCUT2D eigenvalue weighted by Gasteiger charge is 2.21. The second kappa shape index (κ2) is 7.62. The van der Waals surface area contributed by atoms with Crippen LogP contribution in [0.4, 0.5) is 0 Å². The number of benzene rings is 1. The monoisotopic (exact) mass is 327 g/mol. The Balaban J connectivity index is 2.76. The molecule has 0 saturated heterocycles. The lowest BCUT2D eigenvalue weighted by Crippen LogP contribution is -2.38. The molecule has 3 N–H and O–H groups in total. The zero-order valence-electron chi connectivity index (χ0n) is 11.7. The first kappa shape index (κ1) is 16.1. The molecule has 0 bridgehead atoms. The normalized spacial score (nSPS) is 14.2. The van der Waals surface area contributed by atoms with Gasteiger partial charge in [0.25, 0.3) is 0 Å². The molecular weight excluding hydrogens is 306 g/mol. The van der Waals surface area contributed by atoms with E-state index in [1.807, 2.05) is 26.1 Å². The van der Waals surface area contributed by atoms with Gasteiger partial charge in [-0.05, 0) is 31.7 Å². The molecular formula is C14H22BrN3O. The first-order chi connectivity index (χ1) is 8.95. The van der Waals surface area contributed by atoms with Crippen LogP contribution in [0.5, 0.6) is 0 Å². The van der Waals surface area contributed by atoms with Crippen molar-refractivity contribution in [3.8, 4) is 0 Å². The van der Waals surface area contributed by atoms with E-state index in [1.165, 1.54) is 0 Å². The van der Waals surface area contributed by atoms with Gasteiger partial charge < -0.3 is 11.1 Å². The predicted molar refractivity (Wildman–Crippen MR) is 81.8 cm³/mol. The van der Waals surface area contributed by atoms with Crippen LogP contribution in [0.15, 0.2) is 28.7 Å². The molecule has 4 nitrogen and oxygen atoms in total.